The minimum Gasteiger partial charge on any atom is -0.493 e. The van der Waals surface area contributed by atoms with Gasteiger partial charge in [0.1, 0.15) is 12.4 Å². The normalized spacial score (nSPS) is 14.8. The van der Waals surface area contributed by atoms with Crippen molar-refractivity contribution in [3.63, 3.8) is 0 Å². The molecule has 0 unspecified atom stereocenters. The number of rotatable bonds is 6. The molecule has 0 N–H and O–H groups in total. The van der Waals surface area contributed by atoms with Gasteiger partial charge in [-0.1, -0.05) is 29.8 Å². The Labute approximate surface area is 207 Å². The van der Waals surface area contributed by atoms with Crippen LogP contribution in [0.1, 0.15) is 11.1 Å². The van der Waals surface area contributed by atoms with E-state index in [9.17, 15) is 14.0 Å². The number of imide groups is 1. The first-order valence-electron chi connectivity index (χ1n) is 9.64. The molecule has 33 heavy (non-hydrogen) atoms. The van der Waals surface area contributed by atoms with Crippen LogP contribution in [0.3, 0.4) is 0 Å². The number of nitrogens with zero attached hydrogens (tertiary/aromatic N) is 1. The Morgan fingerprint density at radius 2 is 1.88 bits per heavy atom. The molecule has 9 heteroatoms. The minimum atomic E-state index is -0.431. The number of ether oxygens (including phenoxy) is 2. The highest BCUT2D eigenvalue weighted by Gasteiger charge is 2.36. The van der Waals surface area contributed by atoms with Gasteiger partial charge in [0.05, 0.1) is 22.2 Å². The van der Waals surface area contributed by atoms with E-state index >= 15 is 0 Å². The van der Waals surface area contributed by atoms with E-state index < -0.39 is 11.1 Å². The van der Waals surface area contributed by atoms with E-state index in [0.717, 1.165) is 22.2 Å². The fourth-order valence-electron chi connectivity index (χ4n) is 3.16. The van der Waals surface area contributed by atoms with Crippen LogP contribution in [0.15, 0.2) is 70.0 Å². The number of amides is 2. The molecule has 3 aromatic rings. The summed E-state index contributed by atoms with van der Waals surface area (Å²) in [5, 5.41) is 0.0271. The van der Waals surface area contributed by atoms with Gasteiger partial charge in [0.25, 0.3) is 11.1 Å². The van der Waals surface area contributed by atoms with Crippen LogP contribution in [-0.4, -0.2) is 18.3 Å². The molecule has 2 amide bonds. The zero-order valence-electron chi connectivity index (χ0n) is 17.2. The lowest BCUT2D eigenvalue weighted by molar-refractivity contribution is -0.113. The van der Waals surface area contributed by atoms with E-state index in [1.807, 2.05) is 0 Å². The van der Waals surface area contributed by atoms with Crippen molar-refractivity contribution in [1.29, 1.82) is 0 Å². The number of hydrogen-bond acceptors (Lipinski definition) is 5. The number of hydrogen-bond donors (Lipinski definition) is 0. The molecule has 0 atom stereocenters. The number of carbonyl (C=O) groups is 2. The second-order valence-corrected chi connectivity index (χ2v) is 9.23. The number of halogens is 3. The van der Waals surface area contributed by atoms with Crippen molar-refractivity contribution in [1.82, 2.24) is 0 Å². The number of benzene rings is 3. The van der Waals surface area contributed by atoms with Gasteiger partial charge in [0.2, 0.25) is 0 Å². The van der Waals surface area contributed by atoms with Gasteiger partial charge in [-0.25, -0.2) is 9.29 Å². The Kier molecular flexibility index (Phi) is 7.07. The molecule has 5 nitrogen and oxygen atoms in total. The van der Waals surface area contributed by atoms with Gasteiger partial charge in [-0.3, -0.25) is 9.59 Å². The fraction of sp³-hybridized carbons (Fsp3) is 0.0833. The van der Waals surface area contributed by atoms with Gasteiger partial charge >= 0.3 is 0 Å². The lowest BCUT2D eigenvalue weighted by atomic mass is 10.1. The predicted octanol–water partition coefficient (Wildman–Crippen LogP) is 7.07. The van der Waals surface area contributed by atoms with Gasteiger partial charge in [0, 0.05) is 5.02 Å². The van der Waals surface area contributed by atoms with Gasteiger partial charge in [-0.15, -0.1) is 0 Å². The van der Waals surface area contributed by atoms with Crippen molar-refractivity contribution in [2.75, 3.05) is 12.0 Å². The third-order valence-electron chi connectivity index (χ3n) is 4.71. The lowest BCUT2D eigenvalue weighted by Crippen LogP contribution is -2.27. The third-order valence-corrected chi connectivity index (χ3v) is 6.40. The van der Waals surface area contributed by atoms with Crippen molar-refractivity contribution in [2.24, 2.45) is 0 Å². The molecule has 168 valence electrons. The van der Waals surface area contributed by atoms with E-state index in [0.29, 0.717) is 32.2 Å². The molecule has 0 spiro atoms. The Morgan fingerprint density at radius 1 is 1.12 bits per heavy atom. The third kappa shape index (κ3) is 5.24. The van der Waals surface area contributed by atoms with E-state index in [1.165, 1.54) is 19.2 Å². The molecule has 1 aliphatic rings. The average molecular weight is 549 g/mol. The molecule has 0 saturated carbocycles. The van der Waals surface area contributed by atoms with Gasteiger partial charge < -0.3 is 9.47 Å². The maximum Gasteiger partial charge on any atom is 0.298 e. The highest BCUT2D eigenvalue weighted by atomic mass is 79.9. The van der Waals surface area contributed by atoms with Crippen LogP contribution in [-0.2, 0) is 11.4 Å². The summed E-state index contributed by atoms with van der Waals surface area (Å²) in [6.45, 7) is 0.215. The van der Waals surface area contributed by atoms with E-state index in [2.05, 4.69) is 15.9 Å². The summed E-state index contributed by atoms with van der Waals surface area (Å²) in [5.74, 6) is 0.151. The highest BCUT2D eigenvalue weighted by molar-refractivity contribution is 9.10. The zero-order chi connectivity index (χ0) is 23.5. The molecule has 1 fully saturated rings. The van der Waals surface area contributed by atoms with E-state index in [1.54, 1.807) is 54.6 Å². The zero-order valence-corrected chi connectivity index (χ0v) is 20.3. The summed E-state index contributed by atoms with van der Waals surface area (Å²) in [5.41, 5.74) is 1.85. The second kappa shape index (κ2) is 9.99. The summed E-state index contributed by atoms with van der Waals surface area (Å²) >= 11 is 10.3. The maximum absolute atomic E-state index is 13.1. The molecule has 0 aliphatic carbocycles. The number of anilines is 1. The molecule has 1 heterocycles. The summed E-state index contributed by atoms with van der Waals surface area (Å²) in [6, 6.07) is 16.0. The van der Waals surface area contributed by atoms with Crippen molar-refractivity contribution in [2.45, 2.75) is 6.61 Å². The molecular weight excluding hydrogens is 533 g/mol. The Morgan fingerprint density at radius 3 is 2.58 bits per heavy atom. The van der Waals surface area contributed by atoms with Crippen LogP contribution in [0.4, 0.5) is 14.9 Å². The van der Waals surface area contributed by atoms with Crippen LogP contribution in [0.2, 0.25) is 5.02 Å². The largest absolute Gasteiger partial charge is 0.493 e. The summed E-state index contributed by atoms with van der Waals surface area (Å²) in [7, 11) is 1.50. The van der Waals surface area contributed by atoms with Crippen molar-refractivity contribution < 1.29 is 23.5 Å². The number of methoxy groups -OCH3 is 1. The van der Waals surface area contributed by atoms with Crippen LogP contribution < -0.4 is 14.4 Å². The molecule has 4 rings (SSSR count). The van der Waals surface area contributed by atoms with Crippen molar-refractivity contribution in [3.8, 4) is 11.5 Å². The topological polar surface area (TPSA) is 55.8 Å². The molecule has 3 aromatic carbocycles. The van der Waals surface area contributed by atoms with Gasteiger partial charge in [0.15, 0.2) is 11.5 Å². The van der Waals surface area contributed by atoms with E-state index in [-0.39, 0.29) is 17.3 Å². The molecule has 1 aliphatic heterocycles. The van der Waals surface area contributed by atoms with Gasteiger partial charge in [-0.05, 0) is 87.4 Å². The summed E-state index contributed by atoms with van der Waals surface area (Å²) < 4.78 is 25.0. The second-order valence-electron chi connectivity index (χ2n) is 6.95. The first-order chi connectivity index (χ1) is 15.9. The molecule has 1 saturated heterocycles. The average Bonchev–Trinajstić information content (AvgIpc) is 3.06. The Hall–Kier alpha value is -2.81. The van der Waals surface area contributed by atoms with Crippen molar-refractivity contribution >= 4 is 62.2 Å². The van der Waals surface area contributed by atoms with Crippen molar-refractivity contribution in [3.05, 3.63) is 92.0 Å². The molecule has 0 aromatic heterocycles. The SMILES string of the molecule is COc1cc(/C=C2/SC(=O)N(c3cccc(Cl)c3)C2=O)cc(Br)c1OCc1ccc(F)cc1. The van der Waals surface area contributed by atoms with Gasteiger partial charge in [-0.2, -0.15) is 0 Å². The first kappa shape index (κ1) is 23.4. The quantitative estimate of drug-likeness (QED) is 0.308. The smallest absolute Gasteiger partial charge is 0.298 e. The van der Waals surface area contributed by atoms with Crippen LogP contribution in [0.5, 0.6) is 11.5 Å². The Balaban J connectivity index is 1.58. The molecule has 0 bridgehead atoms. The summed E-state index contributed by atoms with van der Waals surface area (Å²) in [4.78, 5) is 26.8. The maximum atomic E-state index is 13.1. The number of carbonyl (C=O) groups excluding carboxylic acids is 2. The fourth-order valence-corrected chi connectivity index (χ4v) is 4.76. The first-order valence-corrected chi connectivity index (χ1v) is 11.6. The minimum absolute atomic E-state index is 0.215. The number of thioether (sulfide) groups is 1. The molecule has 0 radical (unpaired) electrons. The van der Waals surface area contributed by atoms with E-state index in [4.69, 9.17) is 21.1 Å². The lowest BCUT2D eigenvalue weighted by Gasteiger charge is -2.14. The standard InChI is InChI=1S/C24H16BrClFNO4S/c1-31-20-10-15(9-19(25)22(20)32-13-14-5-7-17(27)8-6-14)11-21-23(29)28(24(30)33-21)18-4-2-3-16(26)12-18/h2-12H,13H2,1H3/b21-11+. The van der Waals surface area contributed by atoms with Crippen LogP contribution in [0, 0.1) is 5.82 Å². The van der Waals surface area contributed by atoms with Crippen LogP contribution >= 0.6 is 39.3 Å². The monoisotopic (exact) mass is 547 g/mol. The Bertz CT molecular complexity index is 1270. The molecular formula is C24H16BrClFNO4S. The highest BCUT2D eigenvalue weighted by Crippen LogP contribution is 2.40. The predicted molar refractivity (Wildman–Crippen MR) is 131 cm³/mol. The summed E-state index contributed by atoms with van der Waals surface area (Å²) in [6.07, 6.45) is 1.62. The van der Waals surface area contributed by atoms with Crippen LogP contribution in [0.25, 0.3) is 6.08 Å².